The summed E-state index contributed by atoms with van der Waals surface area (Å²) in [7, 11) is 0. The molecule has 0 spiro atoms. The number of nitrogens with zero attached hydrogens (tertiary/aromatic N) is 3. The largest absolute Gasteiger partial charge is 0.442 e. The first-order valence-corrected chi connectivity index (χ1v) is 7.17. The zero-order valence-electron chi connectivity index (χ0n) is 13.6. The Balaban J connectivity index is 2.30. The van der Waals surface area contributed by atoms with E-state index in [1.807, 2.05) is 13.0 Å². The summed E-state index contributed by atoms with van der Waals surface area (Å²) in [6, 6.07) is 5.23. The van der Waals surface area contributed by atoms with Gasteiger partial charge in [0.15, 0.2) is 0 Å². The number of anilines is 1. The SMILES string of the molecule is Cc1cccc(NC(=O)Cn2nc(C(F)(F)F)c([N+](=O)[O-])c2C)c1C. The summed E-state index contributed by atoms with van der Waals surface area (Å²) in [6.45, 7) is 4.18. The topological polar surface area (TPSA) is 90.1 Å². The Labute approximate surface area is 140 Å². The Bertz CT molecular complexity index is 843. The molecule has 0 saturated heterocycles. The number of hydrogen-bond acceptors (Lipinski definition) is 4. The van der Waals surface area contributed by atoms with E-state index in [-0.39, 0.29) is 5.69 Å². The molecule has 7 nitrogen and oxygen atoms in total. The number of rotatable bonds is 4. The summed E-state index contributed by atoms with van der Waals surface area (Å²) in [6.07, 6.45) is -4.98. The second-order valence-electron chi connectivity index (χ2n) is 5.49. The van der Waals surface area contributed by atoms with Crippen LogP contribution in [0, 0.1) is 30.9 Å². The monoisotopic (exact) mass is 356 g/mol. The molecule has 0 fully saturated rings. The van der Waals surface area contributed by atoms with E-state index in [1.54, 1.807) is 19.1 Å². The van der Waals surface area contributed by atoms with Crippen molar-refractivity contribution in [2.24, 2.45) is 0 Å². The zero-order chi connectivity index (χ0) is 18.9. The van der Waals surface area contributed by atoms with E-state index >= 15 is 0 Å². The number of nitrogens with one attached hydrogen (secondary N) is 1. The quantitative estimate of drug-likeness (QED) is 0.672. The standard InChI is InChI=1S/C15H15F3N4O3/c1-8-5-4-6-11(9(8)2)19-12(23)7-21-10(3)13(22(24)25)14(20-21)15(16,17)18/h4-6H,7H2,1-3H3,(H,19,23). The molecule has 134 valence electrons. The van der Waals surface area contributed by atoms with Gasteiger partial charge in [-0.3, -0.25) is 19.6 Å². The first-order valence-electron chi connectivity index (χ1n) is 7.17. The van der Waals surface area contributed by atoms with Crippen LogP contribution < -0.4 is 5.32 Å². The van der Waals surface area contributed by atoms with Gasteiger partial charge in [-0.25, -0.2) is 0 Å². The fourth-order valence-electron chi connectivity index (χ4n) is 2.31. The van der Waals surface area contributed by atoms with Crippen molar-refractivity contribution in [2.75, 3.05) is 5.32 Å². The molecule has 1 aromatic carbocycles. The van der Waals surface area contributed by atoms with Crippen LogP contribution in [0.15, 0.2) is 18.2 Å². The van der Waals surface area contributed by atoms with Crippen molar-refractivity contribution in [3.05, 3.63) is 50.8 Å². The summed E-state index contributed by atoms with van der Waals surface area (Å²) >= 11 is 0. The van der Waals surface area contributed by atoms with Crippen molar-refractivity contribution in [1.29, 1.82) is 0 Å². The van der Waals surface area contributed by atoms with E-state index < -0.39 is 34.9 Å². The van der Waals surface area contributed by atoms with Gasteiger partial charge in [0.2, 0.25) is 11.6 Å². The molecular weight excluding hydrogens is 341 g/mol. The van der Waals surface area contributed by atoms with Gasteiger partial charge >= 0.3 is 11.9 Å². The summed E-state index contributed by atoms with van der Waals surface area (Å²) in [5.74, 6) is -0.636. The molecule has 1 heterocycles. The Hall–Kier alpha value is -2.91. The number of aromatic nitrogens is 2. The predicted molar refractivity (Wildman–Crippen MR) is 83.2 cm³/mol. The van der Waals surface area contributed by atoms with Crippen LogP contribution in [-0.4, -0.2) is 20.6 Å². The number of benzene rings is 1. The number of amides is 1. The summed E-state index contributed by atoms with van der Waals surface area (Å²) in [5, 5.41) is 16.7. The Morgan fingerprint density at radius 2 is 1.96 bits per heavy atom. The minimum Gasteiger partial charge on any atom is -0.324 e. The highest BCUT2D eigenvalue weighted by atomic mass is 19.4. The van der Waals surface area contributed by atoms with E-state index in [9.17, 15) is 28.1 Å². The number of carbonyl (C=O) groups excluding carboxylic acids is 1. The lowest BCUT2D eigenvalue weighted by atomic mass is 10.1. The third-order valence-electron chi connectivity index (χ3n) is 3.80. The molecule has 0 aliphatic carbocycles. The van der Waals surface area contributed by atoms with Gasteiger partial charge in [0.1, 0.15) is 12.2 Å². The highest BCUT2D eigenvalue weighted by Crippen LogP contribution is 2.36. The van der Waals surface area contributed by atoms with Crippen LogP contribution in [0.3, 0.4) is 0 Å². The summed E-state index contributed by atoms with van der Waals surface area (Å²) in [5.41, 5.74) is -0.839. The fourth-order valence-corrected chi connectivity index (χ4v) is 2.31. The lowest BCUT2D eigenvalue weighted by molar-refractivity contribution is -0.388. The Morgan fingerprint density at radius 3 is 2.48 bits per heavy atom. The maximum Gasteiger partial charge on any atom is 0.442 e. The number of alkyl halides is 3. The molecule has 0 atom stereocenters. The molecule has 0 aliphatic heterocycles. The second-order valence-corrected chi connectivity index (χ2v) is 5.49. The van der Waals surface area contributed by atoms with Crippen LogP contribution in [0.5, 0.6) is 0 Å². The molecule has 0 aliphatic rings. The van der Waals surface area contributed by atoms with Crippen LogP contribution in [0.2, 0.25) is 0 Å². The van der Waals surface area contributed by atoms with Gasteiger partial charge in [-0.2, -0.15) is 18.3 Å². The van der Waals surface area contributed by atoms with Crippen molar-refractivity contribution in [2.45, 2.75) is 33.5 Å². The van der Waals surface area contributed by atoms with Crippen molar-refractivity contribution < 1.29 is 22.9 Å². The molecule has 10 heteroatoms. The molecule has 0 radical (unpaired) electrons. The maximum atomic E-state index is 12.9. The van der Waals surface area contributed by atoms with Crippen molar-refractivity contribution >= 4 is 17.3 Å². The van der Waals surface area contributed by atoms with Gasteiger partial charge in [0.25, 0.3) is 0 Å². The highest BCUT2D eigenvalue weighted by molar-refractivity contribution is 5.91. The third-order valence-corrected chi connectivity index (χ3v) is 3.80. The molecule has 1 N–H and O–H groups in total. The maximum absolute atomic E-state index is 12.9. The molecule has 1 amide bonds. The van der Waals surface area contributed by atoms with Crippen molar-refractivity contribution in [3.63, 3.8) is 0 Å². The number of nitro groups is 1. The third kappa shape index (κ3) is 3.78. The van der Waals surface area contributed by atoms with Crippen molar-refractivity contribution in [3.8, 4) is 0 Å². The highest BCUT2D eigenvalue weighted by Gasteiger charge is 2.44. The van der Waals surface area contributed by atoms with E-state index in [2.05, 4.69) is 10.4 Å². The first-order chi connectivity index (χ1) is 11.5. The van der Waals surface area contributed by atoms with E-state index in [0.29, 0.717) is 10.4 Å². The Kier molecular flexibility index (Phi) is 4.82. The predicted octanol–water partition coefficient (Wildman–Crippen LogP) is 3.37. The van der Waals surface area contributed by atoms with E-state index in [1.165, 1.54) is 0 Å². The number of halogens is 3. The van der Waals surface area contributed by atoms with Crippen LogP contribution in [-0.2, 0) is 17.5 Å². The number of aryl methyl sites for hydroxylation is 1. The molecular formula is C15H15F3N4O3. The van der Waals surface area contributed by atoms with Gasteiger partial charge in [-0.15, -0.1) is 0 Å². The Morgan fingerprint density at radius 1 is 1.32 bits per heavy atom. The van der Waals surface area contributed by atoms with Crippen LogP contribution >= 0.6 is 0 Å². The average molecular weight is 356 g/mol. The molecule has 2 rings (SSSR count). The molecule has 2 aromatic rings. The molecule has 1 aromatic heterocycles. The lowest BCUT2D eigenvalue weighted by Crippen LogP contribution is -2.21. The smallest absolute Gasteiger partial charge is 0.324 e. The average Bonchev–Trinajstić information content (AvgIpc) is 2.81. The van der Waals surface area contributed by atoms with E-state index in [0.717, 1.165) is 18.1 Å². The van der Waals surface area contributed by atoms with Gasteiger partial charge < -0.3 is 5.32 Å². The van der Waals surface area contributed by atoms with Crippen LogP contribution in [0.1, 0.15) is 22.5 Å². The van der Waals surface area contributed by atoms with Crippen LogP contribution in [0.4, 0.5) is 24.5 Å². The normalized spacial score (nSPS) is 11.4. The molecule has 0 unspecified atom stereocenters. The van der Waals surface area contributed by atoms with Gasteiger partial charge in [0, 0.05) is 5.69 Å². The fraction of sp³-hybridized carbons (Fsp3) is 0.333. The molecule has 0 bridgehead atoms. The second kappa shape index (κ2) is 6.54. The number of hydrogen-bond donors (Lipinski definition) is 1. The molecule has 0 saturated carbocycles. The molecule has 25 heavy (non-hydrogen) atoms. The summed E-state index contributed by atoms with van der Waals surface area (Å²) in [4.78, 5) is 21.9. The minimum atomic E-state index is -4.98. The van der Waals surface area contributed by atoms with Gasteiger partial charge in [-0.1, -0.05) is 12.1 Å². The van der Waals surface area contributed by atoms with Crippen LogP contribution in [0.25, 0.3) is 0 Å². The van der Waals surface area contributed by atoms with Gasteiger partial charge in [0.05, 0.1) is 4.92 Å². The summed E-state index contributed by atoms with van der Waals surface area (Å²) < 4.78 is 39.4. The lowest BCUT2D eigenvalue weighted by Gasteiger charge is -2.10. The van der Waals surface area contributed by atoms with Crippen molar-refractivity contribution in [1.82, 2.24) is 9.78 Å². The minimum absolute atomic E-state index is 0.339. The van der Waals surface area contributed by atoms with E-state index in [4.69, 9.17) is 0 Å². The number of carbonyl (C=O) groups is 1. The zero-order valence-corrected chi connectivity index (χ0v) is 13.6. The first kappa shape index (κ1) is 18.4. The van der Waals surface area contributed by atoms with Gasteiger partial charge in [-0.05, 0) is 38.0 Å².